The van der Waals surface area contributed by atoms with E-state index in [4.69, 9.17) is 17.3 Å². The molecule has 0 heterocycles. The number of aryl methyl sites for hydroxylation is 1. The molecule has 0 fully saturated rings. The normalized spacial score (nSPS) is 12.5. The van der Waals surface area contributed by atoms with Gasteiger partial charge in [-0.25, -0.2) is 4.39 Å². The van der Waals surface area contributed by atoms with Crippen molar-refractivity contribution in [3.05, 3.63) is 68.4 Å². The van der Waals surface area contributed by atoms with Crippen molar-refractivity contribution >= 4 is 27.5 Å². The molecule has 0 spiro atoms. The van der Waals surface area contributed by atoms with Gasteiger partial charge in [0.05, 0.1) is 5.02 Å². The summed E-state index contributed by atoms with van der Waals surface area (Å²) in [4.78, 5) is 0. The number of benzene rings is 2. The van der Waals surface area contributed by atoms with E-state index in [1.165, 1.54) is 6.07 Å². The lowest BCUT2D eigenvalue weighted by atomic mass is 9.96. The van der Waals surface area contributed by atoms with E-state index < -0.39 is 6.04 Å². The number of hydrogen-bond acceptors (Lipinski definition) is 1. The summed E-state index contributed by atoms with van der Waals surface area (Å²) < 4.78 is 14.5. The summed E-state index contributed by atoms with van der Waals surface area (Å²) in [6.45, 7) is 2.02. The van der Waals surface area contributed by atoms with Crippen LogP contribution < -0.4 is 5.73 Å². The van der Waals surface area contributed by atoms with E-state index in [0.29, 0.717) is 21.5 Å². The third kappa shape index (κ3) is 3.35. The minimum atomic E-state index is -0.410. The van der Waals surface area contributed by atoms with Crippen molar-refractivity contribution in [1.29, 1.82) is 0 Å². The van der Waals surface area contributed by atoms with Gasteiger partial charge in [-0.3, -0.25) is 0 Å². The van der Waals surface area contributed by atoms with E-state index in [-0.39, 0.29) is 5.82 Å². The topological polar surface area (TPSA) is 26.0 Å². The summed E-state index contributed by atoms with van der Waals surface area (Å²) in [6.07, 6.45) is 0.585. The predicted octanol–water partition coefficient (Wildman–Crippen LogP) is 4.79. The Bertz CT molecular complexity index is 601. The fourth-order valence-electron chi connectivity index (χ4n) is 2.01. The van der Waals surface area contributed by atoms with E-state index in [1.807, 2.05) is 31.2 Å². The molecule has 0 saturated carbocycles. The number of hydrogen-bond donors (Lipinski definition) is 1. The SMILES string of the molecule is Cc1ccccc1CC(N)c1cc(Cl)c(Br)cc1F. The van der Waals surface area contributed by atoms with Gasteiger partial charge < -0.3 is 5.73 Å². The lowest BCUT2D eigenvalue weighted by Crippen LogP contribution is -2.15. The third-order valence-corrected chi connectivity index (χ3v) is 4.34. The van der Waals surface area contributed by atoms with Crippen molar-refractivity contribution in [2.45, 2.75) is 19.4 Å². The third-order valence-electron chi connectivity index (χ3n) is 3.14. The first-order valence-corrected chi connectivity index (χ1v) is 7.10. The highest BCUT2D eigenvalue weighted by molar-refractivity contribution is 9.10. The number of halogens is 3. The van der Waals surface area contributed by atoms with Crippen LogP contribution in [-0.2, 0) is 6.42 Å². The predicted molar refractivity (Wildman–Crippen MR) is 80.9 cm³/mol. The molecule has 2 rings (SSSR count). The van der Waals surface area contributed by atoms with Crippen LogP contribution in [0.3, 0.4) is 0 Å². The molecule has 2 aromatic rings. The monoisotopic (exact) mass is 341 g/mol. The zero-order valence-electron chi connectivity index (χ0n) is 10.5. The van der Waals surface area contributed by atoms with Crippen LogP contribution in [0.1, 0.15) is 22.7 Å². The van der Waals surface area contributed by atoms with Crippen LogP contribution in [0.15, 0.2) is 40.9 Å². The van der Waals surface area contributed by atoms with Gasteiger partial charge in [-0.1, -0.05) is 35.9 Å². The van der Waals surface area contributed by atoms with Crippen LogP contribution in [0, 0.1) is 12.7 Å². The van der Waals surface area contributed by atoms with Crippen LogP contribution in [0.2, 0.25) is 5.02 Å². The molecule has 4 heteroatoms. The van der Waals surface area contributed by atoms with Gasteiger partial charge in [0.1, 0.15) is 5.82 Å². The molecule has 1 nitrogen and oxygen atoms in total. The Morgan fingerprint density at radius 1 is 1.32 bits per heavy atom. The van der Waals surface area contributed by atoms with Crippen LogP contribution in [0.25, 0.3) is 0 Å². The fraction of sp³-hybridized carbons (Fsp3) is 0.200. The van der Waals surface area contributed by atoms with Crippen molar-refractivity contribution < 1.29 is 4.39 Å². The molecule has 0 saturated heterocycles. The van der Waals surface area contributed by atoms with Gasteiger partial charge in [0.2, 0.25) is 0 Å². The summed E-state index contributed by atoms with van der Waals surface area (Å²) >= 11 is 9.19. The molecular weight excluding hydrogens is 329 g/mol. The lowest BCUT2D eigenvalue weighted by Gasteiger charge is -2.15. The minimum Gasteiger partial charge on any atom is -0.324 e. The maximum absolute atomic E-state index is 13.9. The second kappa shape index (κ2) is 6.04. The molecular formula is C15H14BrClFN. The Hall–Kier alpha value is -0.900. The largest absolute Gasteiger partial charge is 0.324 e. The highest BCUT2D eigenvalue weighted by Gasteiger charge is 2.15. The van der Waals surface area contributed by atoms with Crippen molar-refractivity contribution in [3.63, 3.8) is 0 Å². The van der Waals surface area contributed by atoms with Crippen molar-refractivity contribution in [2.24, 2.45) is 5.73 Å². The van der Waals surface area contributed by atoms with E-state index in [0.717, 1.165) is 11.1 Å². The number of nitrogens with two attached hydrogens (primary N) is 1. The molecule has 1 unspecified atom stereocenters. The zero-order chi connectivity index (χ0) is 14.0. The van der Waals surface area contributed by atoms with Gasteiger partial charge in [-0.15, -0.1) is 0 Å². The lowest BCUT2D eigenvalue weighted by molar-refractivity contribution is 0.579. The second-order valence-corrected chi connectivity index (χ2v) is 5.79. The molecule has 1 atom stereocenters. The second-order valence-electron chi connectivity index (χ2n) is 4.52. The molecule has 0 aromatic heterocycles. The van der Waals surface area contributed by atoms with E-state index in [2.05, 4.69) is 15.9 Å². The first-order valence-electron chi connectivity index (χ1n) is 5.93. The zero-order valence-corrected chi connectivity index (χ0v) is 12.8. The van der Waals surface area contributed by atoms with Crippen molar-refractivity contribution in [3.8, 4) is 0 Å². The average Bonchev–Trinajstić information content (AvgIpc) is 2.36. The van der Waals surface area contributed by atoms with Gasteiger partial charge in [0.15, 0.2) is 0 Å². The maximum atomic E-state index is 13.9. The molecule has 2 N–H and O–H groups in total. The Labute approximate surface area is 125 Å². The summed E-state index contributed by atoms with van der Waals surface area (Å²) in [6, 6.07) is 10.5. The average molecular weight is 343 g/mol. The van der Waals surface area contributed by atoms with E-state index >= 15 is 0 Å². The molecule has 19 heavy (non-hydrogen) atoms. The Balaban J connectivity index is 2.28. The van der Waals surface area contributed by atoms with Crippen LogP contribution in [-0.4, -0.2) is 0 Å². The maximum Gasteiger partial charge on any atom is 0.129 e. The van der Waals surface area contributed by atoms with Gasteiger partial charge in [-0.2, -0.15) is 0 Å². The van der Waals surface area contributed by atoms with Crippen molar-refractivity contribution in [2.75, 3.05) is 0 Å². The first-order chi connectivity index (χ1) is 8.99. The molecule has 0 amide bonds. The molecule has 0 radical (unpaired) electrons. The first kappa shape index (κ1) is 14.5. The Kier molecular flexibility index (Phi) is 4.61. The van der Waals surface area contributed by atoms with Gasteiger partial charge >= 0.3 is 0 Å². The molecule has 100 valence electrons. The molecule has 0 aliphatic carbocycles. The number of rotatable bonds is 3. The van der Waals surface area contributed by atoms with Crippen LogP contribution >= 0.6 is 27.5 Å². The summed E-state index contributed by atoms with van der Waals surface area (Å²) in [5.74, 6) is -0.336. The van der Waals surface area contributed by atoms with Gasteiger partial charge in [0.25, 0.3) is 0 Å². The summed E-state index contributed by atoms with van der Waals surface area (Å²) in [7, 11) is 0. The standard InChI is InChI=1S/C15H14BrClFN/c1-9-4-2-3-5-10(9)6-15(19)11-7-13(17)12(16)8-14(11)18/h2-5,7-8,15H,6,19H2,1H3. The van der Waals surface area contributed by atoms with Crippen LogP contribution in [0.4, 0.5) is 4.39 Å². The fourth-order valence-corrected chi connectivity index (χ4v) is 2.50. The Morgan fingerprint density at radius 3 is 2.68 bits per heavy atom. The highest BCUT2D eigenvalue weighted by atomic mass is 79.9. The highest BCUT2D eigenvalue weighted by Crippen LogP contribution is 2.29. The summed E-state index contributed by atoms with van der Waals surface area (Å²) in [5, 5.41) is 0.469. The van der Waals surface area contributed by atoms with E-state index in [1.54, 1.807) is 6.07 Å². The van der Waals surface area contributed by atoms with Crippen LogP contribution in [0.5, 0.6) is 0 Å². The molecule has 0 bridgehead atoms. The van der Waals surface area contributed by atoms with E-state index in [9.17, 15) is 4.39 Å². The van der Waals surface area contributed by atoms with Gasteiger partial charge in [-0.05, 0) is 52.5 Å². The smallest absolute Gasteiger partial charge is 0.129 e. The minimum absolute atomic E-state index is 0.336. The molecule has 0 aliphatic heterocycles. The molecule has 0 aliphatic rings. The quantitative estimate of drug-likeness (QED) is 0.797. The van der Waals surface area contributed by atoms with Crippen molar-refractivity contribution in [1.82, 2.24) is 0 Å². The Morgan fingerprint density at radius 2 is 2.00 bits per heavy atom. The van der Waals surface area contributed by atoms with Gasteiger partial charge in [0, 0.05) is 16.1 Å². The summed E-state index contributed by atoms with van der Waals surface area (Å²) in [5.41, 5.74) is 8.82. The molecule has 2 aromatic carbocycles.